The molecule has 100 valence electrons. The van der Waals surface area contributed by atoms with Gasteiger partial charge in [0.15, 0.2) is 0 Å². The molecule has 0 amide bonds. The smallest absolute Gasteiger partial charge is 0.207 e. The lowest BCUT2D eigenvalue weighted by Crippen LogP contribution is -2.07. The van der Waals surface area contributed by atoms with Crippen LogP contribution in [0, 0.1) is 5.82 Å². The highest BCUT2D eigenvalue weighted by Gasteiger charge is 2.34. The van der Waals surface area contributed by atoms with Crippen LogP contribution in [0.2, 0.25) is 10.0 Å². The predicted octanol–water partition coefficient (Wildman–Crippen LogP) is 5.82. The Hall–Kier alpha value is -1.26. The first kappa shape index (κ1) is 14.2. The second-order valence-corrected chi connectivity index (χ2v) is 4.63. The Morgan fingerprint density at radius 1 is 0.842 bits per heavy atom. The van der Waals surface area contributed by atoms with Gasteiger partial charge in [0, 0.05) is 0 Å². The average molecular weight is 309 g/mol. The summed E-state index contributed by atoms with van der Waals surface area (Å²) in [7, 11) is 0. The van der Waals surface area contributed by atoms with Crippen molar-refractivity contribution in [2.45, 2.75) is 6.18 Å². The van der Waals surface area contributed by atoms with E-state index in [4.69, 9.17) is 23.2 Å². The van der Waals surface area contributed by atoms with Crippen LogP contribution in [0.3, 0.4) is 0 Å². The summed E-state index contributed by atoms with van der Waals surface area (Å²) < 4.78 is 51.6. The van der Waals surface area contributed by atoms with Gasteiger partial charge in [0.1, 0.15) is 5.82 Å². The summed E-state index contributed by atoms with van der Waals surface area (Å²) in [6, 6.07) is 6.59. The zero-order valence-corrected chi connectivity index (χ0v) is 10.7. The Labute approximate surface area is 116 Å². The SMILES string of the molecule is Fc1ccc(-c2ccc(Cl)c(Cl)c2)c(C(F)(F)F)c1. The molecule has 0 spiro atoms. The Bertz CT molecular complexity index is 621. The van der Waals surface area contributed by atoms with Crippen molar-refractivity contribution < 1.29 is 17.6 Å². The fourth-order valence-electron chi connectivity index (χ4n) is 1.67. The van der Waals surface area contributed by atoms with E-state index in [-0.39, 0.29) is 21.2 Å². The van der Waals surface area contributed by atoms with Gasteiger partial charge in [-0.25, -0.2) is 4.39 Å². The van der Waals surface area contributed by atoms with Crippen LogP contribution >= 0.6 is 23.2 Å². The molecule has 0 aliphatic rings. The number of hydrogen-bond donors (Lipinski definition) is 0. The van der Waals surface area contributed by atoms with Crippen molar-refractivity contribution >= 4 is 23.2 Å². The molecule has 0 unspecified atom stereocenters. The number of alkyl halides is 3. The van der Waals surface area contributed by atoms with E-state index < -0.39 is 17.6 Å². The summed E-state index contributed by atoms with van der Waals surface area (Å²) in [6.45, 7) is 0. The van der Waals surface area contributed by atoms with Crippen LogP contribution < -0.4 is 0 Å². The van der Waals surface area contributed by atoms with Gasteiger partial charge in [0.05, 0.1) is 15.6 Å². The van der Waals surface area contributed by atoms with E-state index in [2.05, 4.69) is 0 Å². The third-order valence-corrected chi connectivity index (χ3v) is 3.26. The molecule has 0 atom stereocenters. The van der Waals surface area contributed by atoms with E-state index in [9.17, 15) is 17.6 Å². The summed E-state index contributed by atoms with van der Waals surface area (Å²) in [5, 5.41) is 0.373. The van der Waals surface area contributed by atoms with Gasteiger partial charge in [-0.2, -0.15) is 13.2 Å². The van der Waals surface area contributed by atoms with E-state index in [1.54, 1.807) is 0 Å². The first-order valence-corrected chi connectivity index (χ1v) is 5.87. The Morgan fingerprint density at radius 3 is 2.11 bits per heavy atom. The van der Waals surface area contributed by atoms with Gasteiger partial charge in [-0.15, -0.1) is 0 Å². The normalized spacial score (nSPS) is 11.7. The molecule has 2 rings (SSSR count). The van der Waals surface area contributed by atoms with E-state index in [1.165, 1.54) is 18.2 Å². The van der Waals surface area contributed by atoms with Gasteiger partial charge in [-0.3, -0.25) is 0 Å². The number of rotatable bonds is 1. The maximum Gasteiger partial charge on any atom is 0.417 e. The fraction of sp³-hybridized carbons (Fsp3) is 0.0769. The van der Waals surface area contributed by atoms with Crippen LogP contribution in [0.5, 0.6) is 0 Å². The lowest BCUT2D eigenvalue weighted by molar-refractivity contribution is -0.137. The van der Waals surface area contributed by atoms with E-state index in [0.29, 0.717) is 6.07 Å². The molecule has 0 heterocycles. The first-order valence-electron chi connectivity index (χ1n) is 5.11. The molecule has 0 nitrogen and oxygen atoms in total. The van der Waals surface area contributed by atoms with Crippen LogP contribution in [0.15, 0.2) is 36.4 Å². The lowest BCUT2D eigenvalue weighted by Gasteiger charge is -2.13. The molecule has 0 fully saturated rings. The van der Waals surface area contributed by atoms with Crippen LogP contribution in [-0.4, -0.2) is 0 Å². The monoisotopic (exact) mass is 308 g/mol. The van der Waals surface area contributed by atoms with E-state index in [1.807, 2.05) is 0 Å². The molecular formula is C13H6Cl2F4. The number of halogens is 6. The molecular weight excluding hydrogens is 303 g/mol. The summed E-state index contributed by atoms with van der Waals surface area (Å²) in [4.78, 5) is 0. The van der Waals surface area contributed by atoms with Gasteiger partial charge >= 0.3 is 6.18 Å². The number of benzene rings is 2. The quantitative estimate of drug-likeness (QED) is 0.582. The first-order chi connectivity index (χ1) is 8.79. The van der Waals surface area contributed by atoms with E-state index >= 15 is 0 Å². The van der Waals surface area contributed by atoms with Crippen molar-refractivity contribution in [3.8, 4) is 11.1 Å². The molecule has 0 N–H and O–H groups in total. The highest BCUT2D eigenvalue weighted by atomic mass is 35.5. The fourth-order valence-corrected chi connectivity index (χ4v) is 1.96. The van der Waals surface area contributed by atoms with Crippen molar-refractivity contribution in [1.29, 1.82) is 0 Å². The lowest BCUT2D eigenvalue weighted by atomic mass is 9.99. The molecule has 0 aromatic heterocycles. The molecule has 2 aromatic rings. The number of hydrogen-bond acceptors (Lipinski definition) is 0. The topological polar surface area (TPSA) is 0 Å². The molecule has 0 bridgehead atoms. The zero-order chi connectivity index (χ0) is 14.2. The summed E-state index contributed by atoms with van der Waals surface area (Å²) in [6.07, 6.45) is -4.65. The van der Waals surface area contributed by atoms with Gasteiger partial charge in [-0.1, -0.05) is 35.3 Å². The van der Waals surface area contributed by atoms with Gasteiger partial charge in [0.2, 0.25) is 0 Å². The third kappa shape index (κ3) is 3.01. The molecule has 0 aliphatic carbocycles. The summed E-state index contributed by atoms with van der Waals surface area (Å²) in [5.41, 5.74) is -0.972. The van der Waals surface area contributed by atoms with Gasteiger partial charge in [0.25, 0.3) is 0 Å². The Kier molecular flexibility index (Phi) is 3.74. The second-order valence-electron chi connectivity index (χ2n) is 3.82. The van der Waals surface area contributed by atoms with Crippen molar-refractivity contribution in [3.63, 3.8) is 0 Å². The standard InChI is InChI=1S/C13H6Cl2F4/c14-11-4-1-7(5-12(11)15)9-3-2-8(16)6-10(9)13(17,18)19/h1-6H. The minimum atomic E-state index is -4.65. The van der Waals surface area contributed by atoms with Crippen LogP contribution in [0.1, 0.15) is 5.56 Å². The Balaban J connectivity index is 2.65. The summed E-state index contributed by atoms with van der Waals surface area (Å²) >= 11 is 11.5. The van der Waals surface area contributed by atoms with E-state index in [0.717, 1.165) is 12.1 Å². The van der Waals surface area contributed by atoms with Crippen LogP contribution in [0.4, 0.5) is 17.6 Å². The molecule has 6 heteroatoms. The minimum Gasteiger partial charge on any atom is -0.207 e. The predicted molar refractivity (Wildman–Crippen MR) is 66.9 cm³/mol. The van der Waals surface area contributed by atoms with Crippen LogP contribution in [0.25, 0.3) is 11.1 Å². The Morgan fingerprint density at radius 2 is 1.53 bits per heavy atom. The maximum atomic E-state index is 13.0. The van der Waals surface area contributed by atoms with Crippen molar-refractivity contribution in [2.24, 2.45) is 0 Å². The second kappa shape index (κ2) is 5.02. The maximum absolute atomic E-state index is 13.0. The van der Waals surface area contributed by atoms with Gasteiger partial charge < -0.3 is 0 Å². The summed E-state index contributed by atoms with van der Waals surface area (Å²) in [5.74, 6) is -0.948. The van der Waals surface area contributed by atoms with Crippen molar-refractivity contribution in [2.75, 3.05) is 0 Å². The van der Waals surface area contributed by atoms with Crippen LogP contribution in [-0.2, 0) is 6.18 Å². The molecule has 0 saturated carbocycles. The average Bonchev–Trinajstić information content (AvgIpc) is 2.32. The largest absolute Gasteiger partial charge is 0.417 e. The third-order valence-electron chi connectivity index (χ3n) is 2.52. The molecule has 19 heavy (non-hydrogen) atoms. The van der Waals surface area contributed by atoms with Gasteiger partial charge in [-0.05, 0) is 35.4 Å². The minimum absolute atomic E-state index is 0.136. The highest BCUT2D eigenvalue weighted by molar-refractivity contribution is 6.42. The molecule has 0 radical (unpaired) electrons. The molecule has 0 saturated heterocycles. The molecule has 2 aromatic carbocycles. The zero-order valence-electron chi connectivity index (χ0n) is 9.23. The van der Waals surface area contributed by atoms with Crippen molar-refractivity contribution in [3.05, 3.63) is 57.8 Å². The highest BCUT2D eigenvalue weighted by Crippen LogP contribution is 2.38. The molecule has 0 aliphatic heterocycles. The van der Waals surface area contributed by atoms with Crippen molar-refractivity contribution in [1.82, 2.24) is 0 Å².